The van der Waals surface area contributed by atoms with E-state index in [-0.39, 0.29) is 17.6 Å². The number of furan rings is 1. The minimum absolute atomic E-state index is 0.00279. The summed E-state index contributed by atoms with van der Waals surface area (Å²) in [5.41, 5.74) is 3.14. The average Bonchev–Trinajstić information content (AvgIpc) is 3.17. The lowest BCUT2D eigenvalue weighted by molar-refractivity contribution is -0.0433. The number of anilines is 1. The minimum atomic E-state index is -0.00279. The van der Waals surface area contributed by atoms with Gasteiger partial charge in [0.2, 0.25) is 0 Å². The van der Waals surface area contributed by atoms with Crippen LogP contribution < -0.4 is 4.90 Å². The van der Waals surface area contributed by atoms with Crippen LogP contribution in [0.1, 0.15) is 28.8 Å². The summed E-state index contributed by atoms with van der Waals surface area (Å²) in [6.07, 6.45) is 5.13. The molecule has 2 aliphatic rings. The summed E-state index contributed by atoms with van der Waals surface area (Å²) in [5.74, 6) is 0.0544. The monoisotopic (exact) mass is 340 g/mol. The smallest absolute Gasteiger partial charge is 0.257 e. The predicted molar refractivity (Wildman–Crippen MR) is 95.9 cm³/mol. The number of carbonyl (C=O) groups excluding carboxylic acids is 1. The van der Waals surface area contributed by atoms with Gasteiger partial charge >= 0.3 is 0 Å². The number of carbonyl (C=O) groups is 1. The standard InChI is InChI=1S/C20H24N2O3/c1-15-3-5-17(6-4-15)22-13-18(24-2)20(22)8-10-21(11-9-20)19(23)16-7-12-25-14-16/h3-7,12,14,18H,8-11,13H2,1-2H3. The number of methoxy groups -OCH3 is 1. The normalized spacial score (nSPS) is 22.1. The molecular weight excluding hydrogens is 316 g/mol. The fourth-order valence-electron chi connectivity index (χ4n) is 4.22. The molecule has 0 radical (unpaired) electrons. The van der Waals surface area contributed by atoms with Crippen molar-refractivity contribution in [2.75, 3.05) is 31.6 Å². The van der Waals surface area contributed by atoms with Gasteiger partial charge in [-0.1, -0.05) is 17.7 Å². The molecule has 2 aliphatic heterocycles. The van der Waals surface area contributed by atoms with E-state index in [1.807, 2.05) is 4.90 Å². The molecular formula is C20H24N2O3. The summed E-state index contributed by atoms with van der Waals surface area (Å²) >= 11 is 0. The lowest BCUT2D eigenvalue weighted by Crippen LogP contribution is -2.74. The van der Waals surface area contributed by atoms with Crippen molar-refractivity contribution < 1.29 is 13.9 Å². The van der Waals surface area contributed by atoms with Gasteiger partial charge in [0.05, 0.1) is 23.5 Å². The van der Waals surface area contributed by atoms with E-state index >= 15 is 0 Å². The molecule has 0 N–H and O–H groups in total. The number of piperidine rings is 1. The summed E-state index contributed by atoms with van der Waals surface area (Å²) in [6, 6.07) is 10.4. The Morgan fingerprint density at radius 1 is 1.20 bits per heavy atom. The molecule has 1 amide bonds. The summed E-state index contributed by atoms with van der Waals surface area (Å²) < 4.78 is 10.8. The van der Waals surface area contributed by atoms with Crippen LogP contribution in [0.4, 0.5) is 5.69 Å². The largest absolute Gasteiger partial charge is 0.472 e. The molecule has 2 fully saturated rings. The number of amides is 1. The molecule has 1 aromatic heterocycles. The van der Waals surface area contributed by atoms with Crippen LogP contribution in [0.5, 0.6) is 0 Å². The average molecular weight is 340 g/mol. The Kier molecular flexibility index (Phi) is 4.04. The second-order valence-corrected chi connectivity index (χ2v) is 7.08. The van der Waals surface area contributed by atoms with Crippen LogP contribution in [0.25, 0.3) is 0 Å². The maximum atomic E-state index is 12.5. The first kappa shape index (κ1) is 16.2. The van der Waals surface area contributed by atoms with Crippen LogP contribution in [0.3, 0.4) is 0 Å². The van der Waals surface area contributed by atoms with Crippen LogP contribution in [0.2, 0.25) is 0 Å². The molecule has 25 heavy (non-hydrogen) atoms. The second kappa shape index (κ2) is 6.23. The number of hydrogen-bond acceptors (Lipinski definition) is 4. The van der Waals surface area contributed by atoms with Crippen LogP contribution in [-0.2, 0) is 4.74 Å². The number of rotatable bonds is 3. The van der Waals surface area contributed by atoms with E-state index in [2.05, 4.69) is 36.1 Å². The van der Waals surface area contributed by atoms with E-state index < -0.39 is 0 Å². The lowest BCUT2D eigenvalue weighted by atomic mass is 9.73. The van der Waals surface area contributed by atoms with E-state index in [4.69, 9.17) is 9.15 Å². The van der Waals surface area contributed by atoms with E-state index in [0.717, 1.165) is 32.5 Å². The first-order valence-electron chi connectivity index (χ1n) is 8.83. The highest BCUT2D eigenvalue weighted by atomic mass is 16.5. The molecule has 1 atom stereocenters. The van der Waals surface area contributed by atoms with Crippen LogP contribution in [0, 0.1) is 6.92 Å². The van der Waals surface area contributed by atoms with Crippen molar-refractivity contribution in [3.8, 4) is 0 Å². The molecule has 1 spiro atoms. The molecule has 3 heterocycles. The van der Waals surface area contributed by atoms with Gasteiger partial charge in [-0.25, -0.2) is 0 Å². The van der Waals surface area contributed by atoms with Gasteiger partial charge in [-0.2, -0.15) is 0 Å². The summed E-state index contributed by atoms with van der Waals surface area (Å²) in [4.78, 5) is 16.9. The number of hydrogen-bond donors (Lipinski definition) is 0. The molecule has 4 rings (SSSR count). The lowest BCUT2D eigenvalue weighted by Gasteiger charge is -2.61. The summed E-state index contributed by atoms with van der Waals surface area (Å²) in [7, 11) is 1.79. The highest BCUT2D eigenvalue weighted by Crippen LogP contribution is 2.44. The quantitative estimate of drug-likeness (QED) is 0.861. The van der Waals surface area contributed by atoms with Gasteiger partial charge in [-0.15, -0.1) is 0 Å². The molecule has 132 valence electrons. The third-order valence-electron chi connectivity index (χ3n) is 5.80. The SMILES string of the molecule is COC1CN(c2ccc(C)cc2)C12CCN(C(=O)c1ccoc1)CC2. The maximum absolute atomic E-state index is 12.5. The van der Waals surface area contributed by atoms with Gasteiger partial charge in [0.15, 0.2) is 0 Å². The predicted octanol–water partition coefficient (Wildman–Crippen LogP) is 3.10. The Balaban J connectivity index is 1.50. The number of ether oxygens (including phenoxy) is 1. The molecule has 0 saturated carbocycles. The highest BCUT2D eigenvalue weighted by molar-refractivity contribution is 5.93. The zero-order valence-corrected chi connectivity index (χ0v) is 14.8. The van der Waals surface area contributed by atoms with Gasteiger partial charge in [0.1, 0.15) is 6.26 Å². The Hall–Kier alpha value is -2.27. The summed E-state index contributed by atoms with van der Waals surface area (Å²) in [5, 5.41) is 0. The Bertz CT molecular complexity index is 731. The second-order valence-electron chi connectivity index (χ2n) is 7.08. The molecule has 2 saturated heterocycles. The van der Waals surface area contributed by atoms with E-state index in [9.17, 15) is 4.79 Å². The Morgan fingerprint density at radius 3 is 2.52 bits per heavy atom. The zero-order valence-electron chi connectivity index (χ0n) is 14.8. The summed E-state index contributed by atoms with van der Waals surface area (Å²) in [6.45, 7) is 4.50. The fourth-order valence-corrected chi connectivity index (χ4v) is 4.22. The van der Waals surface area contributed by atoms with E-state index in [1.54, 1.807) is 19.4 Å². The van der Waals surface area contributed by atoms with Gasteiger partial charge in [-0.3, -0.25) is 4.79 Å². The van der Waals surface area contributed by atoms with Crippen molar-refractivity contribution in [3.63, 3.8) is 0 Å². The Labute approximate surface area is 148 Å². The minimum Gasteiger partial charge on any atom is -0.472 e. The van der Waals surface area contributed by atoms with Crippen molar-refractivity contribution in [2.45, 2.75) is 31.4 Å². The molecule has 5 nitrogen and oxygen atoms in total. The first-order chi connectivity index (χ1) is 12.1. The zero-order chi connectivity index (χ0) is 17.4. The van der Waals surface area contributed by atoms with Crippen LogP contribution >= 0.6 is 0 Å². The highest BCUT2D eigenvalue weighted by Gasteiger charge is 2.55. The van der Waals surface area contributed by atoms with Crippen molar-refractivity contribution in [1.82, 2.24) is 4.90 Å². The van der Waals surface area contributed by atoms with Crippen molar-refractivity contribution in [1.29, 1.82) is 0 Å². The Morgan fingerprint density at radius 2 is 1.92 bits per heavy atom. The third kappa shape index (κ3) is 2.63. The van der Waals surface area contributed by atoms with Crippen molar-refractivity contribution in [3.05, 3.63) is 54.0 Å². The molecule has 0 bridgehead atoms. The van der Waals surface area contributed by atoms with E-state index in [0.29, 0.717) is 5.56 Å². The van der Waals surface area contributed by atoms with E-state index in [1.165, 1.54) is 17.5 Å². The third-order valence-corrected chi connectivity index (χ3v) is 5.80. The molecule has 2 aromatic rings. The molecule has 1 unspecified atom stereocenters. The number of benzene rings is 1. The van der Waals surface area contributed by atoms with Crippen LogP contribution in [0.15, 0.2) is 47.3 Å². The van der Waals surface area contributed by atoms with Gasteiger partial charge in [0, 0.05) is 32.4 Å². The van der Waals surface area contributed by atoms with Gasteiger partial charge in [-0.05, 0) is 38.0 Å². The molecule has 1 aromatic carbocycles. The number of likely N-dealkylation sites (tertiary alicyclic amines) is 1. The van der Waals surface area contributed by atoms with Gasteiger partial charge in [0.25, 0.3) is 5.91 Å². The molecule has 0 aliphatic carbocycles. The topological polar surface area (TPSA) is 45.9 Å². The van der Waals surface area contributed by atoms with Crippen LogP contribution in [-0.4, -0.2) is 49.2 Å². The number of aryl methyl sites for hydroxylation is 1. The van der Waals surface area contributed by atoms with Crippen molar-refractivity contribution >= 4 is 11.6 Å². The van der Waals surface area contributed by atoms with Crippen molar-refractivity contribution in [2.24, 2.45) is 0 Å². The number of nitrogens with zero attached hydrogens (tertiary/aromatic N) is 2. The maximum Gasteiger partial charge on any atom is 0.257 e. The molecule has 5 heteroatoms. The fraction of sp³-hybridized carbons (Fsp3) is 0.450. The van der Waals surface area contributed by atoms with Gasteiger partial charge < -0.3 is 19.0 Å². The first-order valence-corrected chi connectivity index (χ1v) is 8.83.